The number of pyridine rings is 1. The number of fused-ring (bicyclic) bond motifs is 1. The lowest BCUT2D eigenvalue weighted by atomic mass is 10.4. The van der Waals surface area contributed by atoms with Crippen molar-refractivity contribution in [1.82, 2.24) is 4.98 Å². The molecule has 11 heavy (non-hydrogen) atoms. The normalized spacial score (nSPS) is 14.2. The summed E-state index contributed by atoms with van der Waals surface area (Å²) in [5.74, 6) is 1.41. The third-order valence-corrected chi connectivity index (χ3v) is 1.37. The molecule has 0 aliphatic carbocycles. The van der Waals surface area contributed by atoms with E-state index >= 15 is 0 Å². The zero-order chi connectivity index (χ0) is 7.52. The summed E-state index contributed by atoms with van der Waals surface area (Å²) >= 11 is 0. The summed E-state index contributed by atoms with van der Waals surface area (Å²) in [6.07, 6.45) is 6.71. The summed E-state index contributed by atoms with van der Waals surface area (Å²) in [7, 11) is 0. The topological polar surface area (TPSA) is 31.4 Å². The van der Waals surface area contributed by atoms with E-state index in [1.807, 2.05) is 0 Å². The lowest BCUT2D eigenvalue weighted by Gasteiger charge is -2.03. The van der Waals surface area contributed by atoms with Crippen molar-refractivity contribution in [2.45, 2.75) is 0 Å². The first-order valence-electron chi connectivity index (χ1n) is 3.35. The van der Waals surface area contributed by atoms with Crippen LogP contribution >= 0.6 is 0 Å². The maximum absolute atomic E-state index is 5.30. The van der Waals surface area contributed by atoms with Gasteiger partial charge in [-0.15, -0.1) is 0 Å². The van der Waals surface area contributed by atoms with Crippen LogP contribution in [0.3, 0.4) is 0 Å². The molecule has 0 radical (unpaired) electrons. The maximum Gasteiger partial charge on any atom is 0.186 e. The minimum atomic E-state index is 0.553. The highest BCUT2D eigenvalue weighted by atomic mass is 16.5. The van der Waals surface area contributed by atoms with Gasteiger partial charge >= 0.3 is 0 Å². The molecule has 1 aliphatic heterocycles. The molecule has 1 aromatic heterocycles. The number of rotatable bonds is 0. The van der Waals surface area contributed by atoms with Crippen LogP contribution in [0.5, 0.6) is 11.5 Å². The Balaban J connectivity index is 2.40. The van der Waals surface area contributed by atoms with Crippen LogP contribution in [0, 0.1) is 0 Å². The first-order valence-corrected chi connectivity index (χ1v) is 3.35. The summed E-state index contributed by atoms with van der Waals surface area (Å²) in [6.45, 7) is 0.553. The van der Waals surface area contributed by atoms with Gasteiger partial charge in [0.05, 0.1) is 12.5 Å². The van der Waals surface area contributed by atoms with Crippen LogP contribution in [-0.4, -0.2) is 11.6 Å². The SMILES string of the molecule is C1=COc2cnccc2OC1. The molecule has 1 aromatic rings. The zero-order valence-corrected chi connectivity index (χ0v) is 5.86. The summed E-state index contributed by atoms with van der Waals surface area (Å²) in [5.41, 5.74) is 0. The molecule has 0 N–H and O–H groups in total. The molecular formula is C8H7NO2. The molecule has 1 aliphatic rings. The molecule has 0 spiro atoms. The van der Waals surface area contributed by atoms with E-state index in [-0.39, 0.29) is 0 Å². The van der Waals surface area contributed by atoms with Crippen molar-refractivity contribution < 1.29 is 9.47 Å². The predicted molar refractivity (Wildman–Crippen MR) is 39.5 cm³/mol. The number of nitrogens with zero attached hydrogens (tertiary/aromatic N) is 1. The van der Waals surface area contributed by atoms with Gasteiger partial charge in [-0.3, -0.25) is 4.98 Å². The average molecular weight is 149 g/mol. The van der Waals surface area contributed by atoms with Crippen LogP contribution in [0.15, 0.2) is 30.8 Å². The molecule has 3 heteroatoms. The van der Waals surface area contributed by atoms with E-state index in [0.717, 1.165) is 5.75 Å². The standard InChI is InChI=1S/C8H7NO2/c1-4-10-7-2-3-9-6-8(7)11-5-1/h1-3,5-6H,4H2. The van der Waals surface area contributed by atoms with Gasteiger partial charge in [-0.05, 0) is 6.08 Å². The minimum absolute atomic E-state index is 0.553. The Bertz CT molecular complexity index is 283. The number of hydrogen-bond donors (Lipinski definition) is 0. The molecule has 0 atom stereocenters. The van der Waals surface area contributed by atoms with E-state index in [0.29, 0.717) is 12.4 Å². The van der Waals surface area contributed by atoms with Gasteiger partial charge in [0.2, 0.25) is 0 Å². The second-order valence-corrected chi connectivity index (χ2v) is 2.12. The van der Waals surface area contributed by atoms with Crippen LogP contribution < -0.4 is 9.47 Å². The summed E-state index contributed by atoms with van der Waals surface area (Å²) in [6, 6.07) is 1.78. The molecule has 0 bridgehead atoms. The quantitative estimate of drug-likeness (QED) is 0.558. The Morgan fingerprint density at radius 1 is 1.36 bits per heavy atom. The highest BCUT2D eigenvalue weighted by Crippen LogP contribution is 2.26. The van der Waals surface area contributed by atoms with Gasteiger partial charge in [0, 0.05) is 12.3 Å². The molecule has 0 amide bonds. The predicted octanol–water partition coefficient (Wildman–Crippen LogP) is 1.37. The minimum Gasteiger partial charge on any atom is -0.485 e. The van der Waals surface area contributed by atoms with Gasteiger partial charge in [-0.25, -0.2) is 0 Å². The third-order valence-electron chi connectivity index (χ3n) is 1.37. The first kappa shape index (κ1) is 6.22. The van der Waals surface area contributed by atoms with Crippen LogP contribution in [-0.2, 0) is 0 Å². The summed E-state index contributed by atoms with van der Waals surface area (Å²) in [5, 5.41) is 0. The van der Waals surface area contributed by atoms with E-state index in [1.54, 1.807) is 30.8 Å². The van der Waals surface area contributed by atoms with Crippen LogP contribution in [0.4, 0.5) is 0 Å². The smallest absolute Gasteiger partial charge is 0.186 e. The third kappa shape index (κ3) is 1.17. The van der Waals surface area contributed by atoms with Crippen molar-refractivity contribution in [2.24, 2.45) is 0 Å². The van der Waals surface area contributed by atoms with Gasteiger partial charge in [-0.1, -0.05) is 0 Å². The van der Waals surface area contributed by atoms with Crippen molar-refractivity contribution in [1.29, 1.82) is 0 Å². The summed E-state index contributed by atoms with van der Waals surface area (Å²) in [4.78, 5) is 3.90. The van der Waals surface area contributed by atoms with Crippen LogP contribution in [0.25, 0.3) is 0 Å². The molecule has 0 aromatic carbocycles. The Kier molecular flexibility index (Phi) is 1.48. The van der Waals surface area contributed by atoms with Crippen molar-refractivity contribution in [3.05, 3.63) is 30.8 Å². The summed E-state index contributed by atoms with van der Waals surface area (Å²) < 4.78 is 10.5. The van der Waals surface area contributed by atoms with Crippen molar-refractivity contribution in [3.63, 3.8) is 0 Å². The van der Waals surface area contributed by atoms with E-state index < -0.39 is 0 Å². The Hall–Kier alpha value is -1.51. The fraction of sp³-hybridized carbons (Fsp3) is 0.125. The van der Waals surface area contributed by atoms with Crippen molar-refractivity contribution >= 4 is 0 Å². The van der Waals surface area contributed by atoms with E-state index in [9.17, 15) is 0 Å². The molecule has 2 heterocycles. The average Bonchev–Trinajstić information content (AvgIpc) is 2.28. The fourth-order valence-electron chi connectivity index (χ4n) is 0.874. The van der Waals surface area contributed by atoms with Crippen LogP contribution in [0.2, 0.25) is 0 Å². The van der Waals surface area contributed by atoms with Crippen LogP contribution in [0.1, 0.15) is 0 Å². The van der Waals surface area contributed by atoms with Gasteiger partial charge < -0.3 is 9.47 Å². The molecule has 3 nitrogen and oxygen atoms in total. The molecular weight excluding hydrogens is 142 g/mol. The van der Waals surface area contributed by atoms with Crippen molar-refractivity contribution in [2.75, 3.05) is 6.61 Å². The largest absolute Gasteiger partial charge is 0.485 e. The van der Waals surface area contributed by atoms with E-state index in [2.05, 4.69) is 4.98 Å². The van der Waals surface area contributed by atoms with Gasteiger partial charge in [-0.2, -0.15) is 0 Å². The molecule has 0 saturated carbocycles. The van der Waals surface area contributed by atoms with E-state index in [1.165, 1.54) is 0 Å². The van der Waals surface area contributed by atoms with Crippen molar-refractivity contribution in [3.8, 4) is 11.5 Å². The Morgan fingerprint density at radius 3 is 3.36 bits per heavy atom. The Labute approximate surface area is 64.3 Å². The number of hydrogen-bond acceptors (Lipinski definition) is 3. The highest BCUT2D eigenvalue weighted by molar-refractivity contribution is 5.37. The zero-order valence-electron chi connectivity index (χ0n) is 5.86. The number of ether oxygens (including phenoxy) is 2. The number of aromatic nitrogens is 1. The second kappa shape index (κ2) is 2.62. The lowest BCUT2D eigenvalue weighted by molar-refractivity contribution is 0.355. The molecule has 2 rings (SSSR count). The lowest BCUT2D eigenvalue weighted by Crippen LogP contribution is -1.91. The second-order valence-electron chi connectivity index (χ2n) is 2.12. The van der Waals surface area contributed by atoms with E-state index in [4.69, 9.17) is 9.47 Å². The van der Waals surface area contributed by atoms with Gasteiger partial charge in [0.1, 0.15) is 6.61 Å². The van der Waals surface area contributed by atoms with Gasteiger partial charge in [0.15, 0.2) is 11.5 Å². The maximum atomic E-state index is 5.30. The molecule has 0 fully saturated rings. The first-order chi connectivity index (χ1) is 5.47. The fourth-order valence-corrected chi connectivity index (χ4v) is 0.874. The molecule has 0 saturated heterocycles. The van der Waals surface area contributed by atoms with Gasteiger partial charge in [0.25, 0.3) is 0 Å². The molecule has 0 unspecified atom stereocenters. The monoisotopic (exact) mass is 149 g/mol. The molecule has 56 valence electrons. The highest BCUT2D eigenvalue weighted by Gasteiger charge is 2.04. The Morgan fingerprint density at radius 2 is 2.36 bits per heavy atom.